The summed E-state index contributed by atoms with van der Waals surface area (Å²) in [7, 11) is -3.84. The average Bonchev–Trinajstić information content (AvgIpc) is 2.88. The molecule has 4 heterocycles. The number of carbonyl (C=O) groups excluding carboxylic acids is 1. The van der Waals surface area contributed by atoms with Crippen molar-refractivity contribution < 1.29 is 27.4 Å². The summed E-state index contributed by atoms with van der Waals surface area (Å²) in [5.74, 6) is -0.785. The summed E-state index contributed by atoms with van der Waals surface area (Å²) >= 11 is 5.95. The first-order valence-electron chi connectivity index (χ1n) is 11.9. The Labute approximate surface area is 214 Å². The van der Waals surface area contributed by atoms with Crippen LogP contribution in [0.5, 0.6) is 5.75 Å². The van der Waals surface area contributed by atoms with Gasteiger partial charge in [-0.3, -0.25) is 9.78 Å². The van der Waals surface area contributed by atoms with Crippen LogP contribution in [0, 0.1) is 5.82 Å². The van der Waals surface area contributed by atoms with Gasteiger partial charge in [0.25, 0.3) is 0 Å². The topological polar surface area (TPSA) is 103 Å². The molecule has 9 nitrogen and oxygen atoms in total. The Kier molecular flexibility index (Phi) is 6.84. The molecule has 2 fully saturated rings. The minimum absolute atomic E-state index is 0.125. The highest BCUT2D eigenvalue weighted by Crippen LogP contribution is 2.36. The van der Waals surface area contributed by atoms with Gasteiger partial charge in [0, 0.05) is 50.8 Å². The van der Waals surface area contributed by atoms with E-state index in [0.717, 1.165) is 5.69 Å². The van der Waals surface area contributed by atoms with Crippen molar-refractivity contribution in [3.05, 3.63) is 53.1 Å². The Morgan fingerprint density at radius 1 is 1.14 bits per heavy atom. The summed E-state index contributed by atoms with van der Waals surface area (Å²) in [4.78, 5) is 20.7. The Hall–Kier alpha value is -2.47. The van der Waals surface area contributed by atoms with Crippen molar-refractivity contribution in [3.8, 4) is 5.75 Å². The summed E-state index contributed by atoms with van der Waals surface area (Å²) < 4.78 is 47.0. The quantitative estimate of drug-likeness (QED) is 0.618. The van der Waals surface area contributed by atoms with Crippen LogP contribution in [-0.4, -0.2) is 90.3 Å². The van der Waals surface area contributed by atoms with Gasteiger partial charge < -0.3 is 19.6 Å². The number of halogens is 2. The molecule has 0 bridgehead atoms. The molecule has 2 saturated heterocycles. The largest absolute Gasteiger partial charge is 0.490 e. The molecule has 0 spiro atoms. The number of benzene rings is 1. The molecule has 36 heavy (non-hydrogen) atoms. The van der Waals surface area contributed by atoms with E-state index < -0.39 is 26.7 Å². The average molecular weight is 539 g/mol. The van der Waals surface area contributed by atoms with Crippen LogP contribution in [0.4, 0.5) is 10.1 Å². The first kappa shape index (κ1) is 25.2. The molecular weight excluding hydrogens is 511 g/mol. The predicted octanol–water partition coefficient (Wildman–Crippen LogP) is 1.68. The van der Waals surface area contributed by atoms with Crippen LogP contribution in [0.2, 0.25) is 5.02 Å². The normalized spacial score (nSPS) is 22.8. The van der Waals surface area contributed by atoms with Crippen molar-refractivity contribution in [3.63, 3.8) is 0 Å². The molecule has 1 N–H and O–H groups in total. The number of ether oxygens (including phenoxy) is 1. The first-order chi connectivity index (χ1) is 17.2. The maximum absolute atomic E-state index is 13.7. The van der Waals surface area contributed by atoms with E-state index in [1.54, 1.807) is 17.3 Å². The number of pyridine rings is 1. The van der Waals surface area contributed by atoms with E-state index in [4.69, 9.17) is 16.3 Å². The number of anilines is 1. The Balaban J connectivity index is 1.18. The lowest BCUT2D eigenvalue weighted by molar-refractivity contribution is -0.138. The third kappa shape index (κ3) is 4.89. The zero-order valence-corrected chi connectivity index (χ0v) is 21.2. The predicted molar refractivity (Wildman–Crippen MR) is 132 cm³/mol. The summed E-state index contributed by atoms with van der Waals surface area (Å²) in [6, 6.07) is 6.52. The van der Waals surface area contributed by atoms with Crippen LogP contribution in [-0.2, 0) is 21.2 Å². The van der Waals surface area contributed by atoms with Gasteiger partial charge in [0.2, 0.25) is 15.9 Å². The number of nitrogens with zero attached hydrogens (tertiary/aromatic N) is 4. The van der Waals surface area contributed by atoms with E-state index in [1.807, 2.05) is 12.1 Å². The van der Waals surface area contributed by atoms with Gasteiger partial charge in [0.05, 0.1) is 12.1 Å². The SMILES string of the molecule is O=C1CN(S(=O)(=O)C2COc3c(ccc(F)c3Cl)C2)CCN1CC1(O)CCN(c2ccncc2)CC1. The second-order valence-electron chi connectivity index (χ2n) is 9.60. The minimum Gasteiger partial charge on any atom is -0.490 e. The van der Waals surface area contributed by atoms with Crippen molar-refractivity contribution in [1.29, 1.82) is 0 Å². The molecular formula is C24H28ClFN4O5S. The van der Waals surface area contributed by atoms with Crippen molar-refractivity contribution in [2.45, 2.75) is 30.1 Å². The van der Waals surface area contributed by atoms with Crippen LogP contribution < -0.4 is 9.64 Å². The number of carbonyl (C=O) groups is 1. The Morgan fingerprint density at radius 3 is 2.56 bits per heavy atom. The molecule has 0 aliphatic carbocycles. The second-order valence-corrected chi connectivity index (χ2v) is 12.2. The Bertz CT molecular complexity index is 1240. The van der Waals surface area contributed by atoms with E-state index in [9.17, 15) is 22.7 Å². The molecule has 5 rings (SSSR count). The second kappa shape index (κ2) is 9.77. The van der Waals surface area contributed by atoms with E-state index in [-0.39, 0.29) is 55.9 Å². The van der Waals surface area contributed by atoms with E-state index in [2.05, 4.69) is 9.88 Å². The summed E-state index contributed by atoms with van der Waals surface area (Å²) in [6.07, 6.45) is 4.59. The fourth-order valence-electron chi connectivity index (χ4n) is 5.09. The maximum Gasteiger partial charge on any atom is 0.238 e. The van der Waals surface area contributed by atoms with Gasteiger partial charge in [0.1, 0.15) is 28.4 Å². The van der Waals surface area contributed by atoms with Gasteiger partial charge in [0.15, 0.2) is 0 Å². The smallest absolute Gasteiger partial charge is 0.238 e. The molecule has 194 valence electrons. The zero-order valence-electron chi connectivity index (χ0n) is 19.6. The van der Waals surface area contributed by atoms with E-state index in [1.165, 1.54) is 16.4 Å². The molecule has 0 radical (unpaired) electrons. The van der Waals surface area contributed by atoms with Crippen LogP contribution in [0.3, 0.4) is 0 Å². The van der Waals surface area contributed by atoms with Gasteiger partial charge in [-0.25, -0.2) is 12.8 Å². The van der Waals surface area contributed by atoms with Gasteiger partial charge in [-0.2, -0.15) is 4.31 Å². The van der Waals surface area contributed by atoms with Crippen LogP contribution >= 0.6 is 11.6 Å². The number of β-amino-alcohol motifs (C(OH)–C–C–N with tert-alkyl or cyclic N) is 1. The molecule has 1 aromatic carbocycles. The standard InChI is InChI=1S/C24H28ClFN4O5S/c25-22-20(26)2-1-17-13-19(15-35-23(17)22)36(33,34)30-12-11-29(21(31)14-30)16-24(32)5-9-28(10-6-24)18-3-7-27-8-4-18/h1-4,7-8,19,32H,5-6,9-16H2. The number of aliphatic hydroxyl groups is 1. The molecule has 0 saturated carbocycles. The third-order valence-corrected chi connectivity index (χ3v) is 9.79. The lowest BCUT2D eigenvalue weighted by Gasteiger charge is -2.43. The van der Waals surface area contributed by atoms with Crippen LogP contribution in [0.15, 0.2) is 36.7 Å². The highest BCUT2D eigenvalue weighted by molar-refractivity contribution is 7.89. The van der Waals surface area contributed by atoms with E-state index >= 15 is 0 Å². The minimum atomic E-state index is -3.84. The monoisotopic (exact) mass is 538 g/mol. The number of piperidine rings is 1. The van der Waals surface area contributed by atoms with Crippen molar-refractivity contribution >= 4 is 33.2 Å². The molecule has 1 aromatic heterocycles. The number of rotatable bonds is 5. The number of sulfonamides is 1. The number of fused-ring (bicyclic) bond motifs is 1. The first-order valence-corrected chi connectivity index (χ1v) is 13.8. The van der Waals surface area contributed by atoms with Crippen LogP contribution in [0.25, 0.3) is 0 Å². The van der Waals surface area contributed by atoms with Gasteiger partial charge in [-0.15, -0.1) is 0 Å². The Morgan fingerprint density at radius 2 is 1.86 bits per heavy atom. The summed E-state index contributed by atoms with van der Waals surface area (Å²) in [5, 5.41) is 10.1. The zero-order chi connectivity index (χ0) is 25.5. The van der Waals surface area contributed by atoms with E-state index in [0.29, 0.717) is 31.5 Å². The van der Waals surface area contributed by atoms with Gasteiger partial charge in [-0.1, -0.05) is 17.7 Å². The molecule has 12 heteroatoms. The third-order valence-electron chi connectivity index (χ3n) is 7.26. The summed E-state index contributed by atoms with van der Waals surface area (Å²) in [5.41, 5.74) is 0.547. The number of aromatic nitrogens is 1. The lowest BCUT2D eigenvalue weighted by Crippen LogP contribution is -2.59. The highest BCUT2D eigenvalue weighted by Gasteiger charge is 2.42. The molecule has 2 aromatic rings. The van der Waals surface area contributed by atoms with Crippen molar-refractivity contribution in [2.24, 2.45) is 0 Å². The fraction of sp³-hybridized carbons (Fsp3) is 0.500. The molecule has 1 amide bonds. The molecule has 3 aliphatic rings. The summed E-state index contributed by atoms with van der Waals surface area (Å²) in [6.45, 7) is 1.38. The van der Waals surface area contributed by atoms with Crippen LogP contribution in [0.1, 0.15) is 18.4 Å². The molecule has 1 unspecified atom stereocenters. The number of hydrogen-bond donors (Lipinski definition) is 1. The van der Waals surface area contributed by atoms with Gasteiger partial charge in [-0.05, 0) is 43.0 Å². The molecule has 3 aliphatic heterocycles. The number of piperazine rings is 1. The maximum atomic E-state index is 13.7. The van der Waals surface area contributed by atoms with Crippen molar-refractivity contribution in [2.75, 3.05) is 50.8 Å². The number of amides is 1. The highest BCUT2D eigenvalue weighted by atomic mass is 35.5. The molecule has 1 atom stereocenters. The van der Waals surface area contributed by atoms with Crippen molar-refractivity contribution in [1.82, 2.24) is 14.2 Å². The number of hydrogen-bond acceptors (Lipinski definition) is 7. The fourth-order valence-corrected chi connectivity index (χ4v) is 7.01. The lowest BCUT2D eigenvalue weighted by atomic mass is 9.90. The van der Waals surface area contributed by atoms with Gasteiger partial charge >= 0.3 is 0 Å².